The van der Waals surface area contributed by atoms with Crippen LogP contribution in [-0.2, 0) is 6.18 Å². The molecule has 8 heteroatoms. The minimum atomic E-state index is -4.64. The van der Waals surface area contributed by atoms with Crippen molar-refractivity contribution >= 4 is 16.9 Å². The number of fused-ring (bicyclic) bond motifs is 1. The summed E-state index contributed by atoms with van der Waals surface area (Å²) in [5.41, 5.74) is 0.509. The molecule has 0 unspecified atom stereocenters. The predicted molar refractivity (Wildman–Crippen MR) is 95.4 cm³/mol. The number of carbonyl (C=O) groups excluding carboxylic acids is 1. The number of benzene rings is 1. The van der Waals surface area contributed by atoms with Crippen LogP contribution in [0.4, 0.5) is 17.6 Å². The molecule has 1 aliphatic rings. The van der Waals surface area contributed by atoms with Gasteiger partial charge in [-0.3, -0.25) is 4.79 Å². The van der Waals surface area contributed by atoms with Crippen molar-refractivity contribution in [1.82, 2.24) is 14.9 Å². The van der Waals surface area contributed by atoms with E-state index in [2.05, 4.69) is 9.97 Å². The van der Waals surface area contributed by atoms with Crippen molar-refractivity contribution in [3.63, 3.8) is 0 Å². The fraction of sp³-hybridized carbons (Fsp3) is 0.300. The third-order valence-corrected chi connectivity index (χ3v) is 5.23. The summed E-state index contributed by atoms with van der Waals surface area (Å²) in [4.78, 5) is 21.5. The highest BCUT2D eigenvalue weighted by molar-refractivity contribution is 5.94. The molecule has 3 aromatic rings. The van der Waals surface area contributed by atoms with Gasteiger partial charge in [0.05, 0.1) is 11.1 Å². The van der Waals surface area contributed by atoms with Crippen LogP contribution in [-0.4, -0.2) is 33.9 Å². The van der Waals surface area contributed by atoms with Crippen LogP contribution in [0, 0.1) is 5.82 Å². The van der Waals surface area contributed by atoms with Gasteiger partial charge in [0.15, 0.2) is 0 Å². The number of aromatic nitrogens is 2. The molecular weight excluding hydrogens is 374 g/mol. The van der Waals surface area contributed by atoms with E-state index in [1.165, 1.54) is 4.90 Å². The molecule has 3 heterocycles. The number of hydrogen-bond acceptors (Lipinski definition) is 2. The van der Waals surface area contributed by atoms with Crippen molar-refractivity contribution < 1.29 is 22.4 Å². The molecule has 0 spiro atoms. The van der Waals surface area contributed by atoms with E-state index in [9.17, 15) is 22.4 Å². The van der Waals surface area contributed by atoms with Crippen molar-refractivity contribution in [2.75, 3.05) is 13.1 Å². The molecule has 0 saturated carbocycles. The Kier molecular flexibility index (Phi) is 4.56. The van der Waals surface area contributed by atoms with Crippen molar-refractivity contribution in [3.8, 4) is 0 Å². The number of rotatable bonds is 2. The van der Waals surface area contributed by atoms with Crippen LogP contribution in [0.3, 0.4) is 0 Å². The third-order valence-electron chi connectivity index (χ3n) is 5.23. The first-order chi connectivity index (χ1) is 13.3. The first-order valence-electron chi connectivity index (χ1n) is 8.92. The second kappa shape index (κ2) is 6.92. The van der Waals surface area contributed by atoms with Crippen molar-refractivity contribution in [1.29, 1.82) is 0 Å². The van der Waals surface area contributed by atoms with Crippen LogP contribution in [0.2, 0.25) is 0 Å². The average molecular weight is 391 g/mol. The fourth-order valence-electron chi connectivity index (χ4n) is 3.74. The molecule has 28 heavy (non-hydrogen) atoms. The molecule has 146 valence electrons. The molecule has 0 radical (unpaired) electrons. The fourth-order valence-corrected chi connectivity index (χ4v) is 3.74. The van der Waals surface area contributed by atoms with E-state index in [1.807, 2.05) is 18.3 Å². The molecule has 2 aromatic heterocycles. The lowest BCUT2D eigenvalue weighted by molar-refractivity contribution is -0.137. The number of carbonyl (C=O) groups is 1. The van der Waals surface area contributed by atoms with Crippen LogP contribution < -0.4 is 0 Å². The highest BCUT2D eigenvalue weighted by Gasteiger charge is 2.33. The monoisotopic (exact) mass is 391 g/mol. The summed E-state index contributed by atoms with van der Waals surface area (Å²) in [7, 11) is 0. The lowest BCUT2D eigenvalue weighted by Crippen LogP contribution is -2.38. The molecule has 1 aromatic carbocycles. The molecule has 0 aliphatic carbocycles. The van der Waals surface area contributed by atoms with Gasteiger partial charge in [-0.05, 0) is 54.7 Å². The molecule has 1 amide bonds. The van der Waals surface area contributed by atoms with Crippen LogP contribution in [0.5, 0.6) is 0 Å². The van der Waals surface area contributed by atoms with Crippen molar-refractivity contribution in [3.05, 3.63) is 65.2 Å². The van der Waals surface area contributed by atoms with Gasteiger partial charge >= 0.3 is 6.18 Å². The number of hydrogen-bond donors (Lipinski definition) is 1. The maximum absolute atomic E-state index is 14.1. The SMILES string of the molecule is O=C(c1ccc(C(F)(F)F)cc1F)N1CCC(c2c[nH]c3ncccc23)CC1. The minimum Gasteiger partial charge on any atom is -0.346 e. The van der Waals surface area contributed by atoms with E-state index in [0.717, 1.165) is 28.7 Å². The quantitative estimate of drug-likeness (QED) is 0.642. The molecule has 1 N–H and O–H groups in total. The Balaban J connectivity index is 1.47. The molecule has 0 atom stereocenters. The molecule has 1 fully saturated rings. The maximum Gasteiger partial charge on any atom is 0.416 e. The minimum absolute atomic E-state index is 0.236. The van der Waals surface area contributed by atoms with Crippen LogP contribution in [0.15, 0.2) is 42.7 Å². The van der Waals surface area contributed by atoms with Gasteiger partial charge in [0.2, 0.25) is 0 Å². The van der Waals surface area contributed by atoms with Gasteiger partial charge in [0.25, 0.3) is 5.91 Å². The number of nitrogens with one attached hydrogen (secondary N) is 1. The van der Waals surface area contributed by atoms with Crippen molar-refractivity contribution in [2.24, 2.45) is 0 Å². The Morgan fingerprint density at radius 3 is 2.61 bits per heavy atom. The van der Waals surface area contributed by atoms with Crippen LogP contribution in [0.25, 0.3) is 11.0 Å². The summed E-state index contributed by atoms with van der Waals surface area (Å²) in [5, 5.41) is 1.04. The number of amides is 1. The van der Waals surface area contributed by atoms with Crippen LogP contribution >= 0.6 is 0 Å². The largest absolute Gasteiger partial charge is 0.416 e. The standard InChI is InChI=1S/C20H17F4N3O/c21-17-10-13(20(22,23)24)3-4-15(17)19(28)27-8-5-12(6-9-27)16-11-26-18-14(16)2-1-7-25-18/h1-4,7,10-12H,5-6,8-9H2,(H,25,26). The molecule has 4 rings (SSSR count). The van der Waals surface area contributed by atoms with Gasteiger partial charge in [-0.25, -0.2) is 9.37 Å². The summed E-state index contributed by atoms with van der Waals surface area (Å²) in [6.45, 7) is 0.827. The Hall–Kier alpha value is -2.90. The number of alkyl halides is 3. The third kappa shape index (κ3) is 3.34. The van der Waals surface area contributed by atoms with E-state index >= 15 is 0 Å². The lowest BCUT2D eigenvalue weighted by atomic mass is 9.89. The first-order valence-corrected chi connectivity index (χ1v) is 8.92. The molecule has 0 bridgehead atoms. The topological polar surface area (TPSA) is 49.0 Å². The van der Waals surface area contributed by atoms with Gasteiger partial charge in [-0.1, -0.05) is 0 Å². The summed E-state index contributed by atoms with van der Waals surface area (Å²) in [6.07, 6.45) is 0.373. The number of piperidine rings is 1. The van der Waals surface area contributed by atoms with Gasteiger partial charge in [-0.2, -0.15) is 13.2 Å². The number of nitrogens with zero attached hydrogens (tertiary/aromatic N) is 2. The molecule has 1 saturated heterocycles. The predicted octanol–water partition coefficient (Wildman–Crippen LogP) is 4.74. The van der Waals surface area contributed by atoms with E-state index in [0.29, 0.717) is 32.0 Å². The van der Waals surface area contributed by atoms with E-state index in [-0.39, 0.29) is 11.5 Å². The van der Waals surface area contributed by atoms with Gasteiger partial charge in [0.1, 0.15) is 11.5 Å². The summed E-state index contributed by atoms with van der Waals surface area (Å²) >= 11 is 0. The smallest absolute Gasteiger partial charge is 0.346 e. The Morgan fingerprint density at radius 1 is 1.18 bits per heavy atom. The number of halogens is 4. The number of likely N-dealkylation sites (tertiary alicyclic amines) is 1. The maximum atomic E-state index is 14.1. The number of aromatic amines is 1. The number of pyridine rings is 1. The number of H-pyrrole nitrogens is 1. The Labute approximate surface area is 158 Å². The van der Waals surface area contributed by atoms with E-state index < -0.39 is 23.5 Å². The van der Waals surface area contributed by atoms with E-state index in [1.54, 1.807) is 6.20 Å². The Morgan fingerprint density at radius 2 is 1.93 bits per heavy atom. The second-order valence-corrected chi connectivity index (χ2v) is 6.90. The first kappa shape index (κ1) is 18.5. The van der Waals surface area contributed by atoms with Gasteiger partial charge in [-0.15, -0.1) is 0 Å². The average Bonchev–Trinajstić information content (AvgIpc) is 3.11. The van der Waals surface area contributed by atoms with E-state index in [4.69, 9.17) is 0 Å². The van der Waals surface area contributed by atoms with Gasteiger partial charge in [0, 0.05) is 30.9 Å². The van der Waals surface area contributed by atoms with Crippen molar-refractivity contribution in [2.45, 2.75) is 24.9 Å². The zero-order valence-corrected chi connectivity index (χ0v) is 14.8. The molecule has 4 nitrogen and oxygen atoms in total. The molecule has 1 aliphatic heterocycles. The summed E-state index contributed by atoms with van der Waals surface area (Å²) in [6, 6.07) is 5.88. The Bertz CT molecular complexity index is 1020. The normalized spacial score (nSPS) is 15.9. The summed E-state index contributed by atoms with van der Waals surface area (Å²) < 4.78 is 52.1. The molecular formula is C20H17F4N3O. The zero-order chi connectivity index (χ0) is 19.9. The highest BCUT2D eigenvalue weighted by Crippen LogP contribution is 2.34. The highest BCUT2D eigenvalue weighted by atomic mass is 19.4. The second-order valence-electron chi connectivity index (χ2n) is 6.90. The zero-order valence-electron chi connectivity index (χ0n) is 14.8. The van der Waals surface area contributed by atoms with Crippen LogP contribution in [0.1, 0.15) is 40.2 Å². The lowest BCUT2D eigenvalue weighted by Gasteiger charge is -2.32. The van der Waals surface area contributed by atoms with Gasteiger partial charge < -0.3 is 9.88 Å². The summed E-state index contributed by atoms with van der Waals surface area (Å²) in [5.74, 6) is -1.49.